The highest BCUT2D eigenvalue weighted by atomic mass is 32.1. The fourth-order valence-electron chi connectivity index (χ4n) is 2.15. The van der Waals surface area contributed by atoms with E-state index < -0.39 is 0 Å². The smallest absolute Gasteiger partial charge is 0.225 e. The third kappa shape index (κ3) is 2.35. The van der Waals surface area contributed by atoms with Gasteiger partial charge < -0.3 is 10.2 Å². The van der Waals surface area contributed by atoms with Crippen LogP contribution in [0, 0.1) is 5.41 Å². The molecule has 0 atom stereocenters. The van der Waals surface area contributed by atoms with Gasteiger partial charge in [0, 0.05) is 18.5 Å². The molecular formula is C14H18N4OS. The summed E-state index contributed by atoms with van der Waals surface area (Å²) in [6, 6.07) is 2.22. The first-order valence-electron chi connectivity index (χ1n) is 6.69. The van der Waals surface area contributed by atoms with Crippen LogP contribution in [0.2, 0.25) is 0 Å². The van der Waals surface area contributed by atoms with Crippen LogP contribution in [0.25, 0.3) is 10.2 Å². The van der Waals surface area contributed by atoms with Gasteiger partial charge in [-0.2, -0.15) is 0 Å². The molecule has 3 heterocycles. The van der Waals surface area contributed by atoms with Crippen molar-refractivity contribution >= 4 is 33.3 Å². The second-order valence-corrected chi connectivity index (χ2v) is 7.07. The van der Waals surface area contributed by atoms with Crippen molar-refractivity contribution in [3.63, 3.8) is 0 Å². The number of nitrogens with zero attached hydrogens (tertiary/aromatic N) is 3. The highest BCUT2D eigenvalue weighted by Gasteiger charge is 2.33. The molecule has 0 aliphatic carbocycles. The molecule has 0 unspecified atom stereocenters. The second-order valence-electron chi connectivity index (χ2n) is 6.16. The molecule has 106 valence electrons. The minimum absolute atomic E-state index is 0.103. The summed E-state index contributed by atoms with van der Waals surface area (Å²) in [5.41, 5.74) is 0.651. The Hall–Kier alpha value is -1.69. The van der Waals surface area contributed by atoms with Gasteiger partial charge in [0.05, 0.1) is 16.3 Å². The Morgan fingerprint density at radius 2 is 2.15 bits per heavy atom. The van der Waals surface area contributed by atoms with Crippen LogP contribution in [-0.2, 0) is 4.79 Å². The normalized spacial score (nSPS) is 16.2. The standard InChI is InChI=1S/C14H18N4OS/c1-14(2,3)13(19)17-9-6-18(7-9)12-11-10(4-5-20-11)15-8-16-12/h4-5,8-9H,6-7H2,1-3H3,(H,17,19). The van der Waals surface area contributed by atoms with Crippen LogP contribution in [0.4, 0.5) is 5.82 Å². The predicted octanol–water partition coefficient (Wildman–Crippen LogP) is 2.04. The summed E-state index contributed by atoms with van der Waals surface area (Å²) >= 11 is 1.66. The molecule has 1 aliphatic heterocycles. The van der Waals surface area contributed by atoms with Gasteiger partial charge in [-0.25, -0.2) is 9.97 Å². The highest BCUT2D eigenvalue weighted by Crippen LogP contribution is 2.30. The molecule has 2 aromatic heterocycles. The molecular weight excluding hydrogens is 272 g/mol. The molecule has 1 N–H and O–H groups in total. The third-order valence-corrected chi connectivity index (χ3v) is 4.32. The SMILES string of the molecule is CC(C)(C)C(=O)NC1CN(c2ncnc3ccsc23)C1. The summed E-state index contributed by atoms with van der Waals surface area (Å²) in [4.78, 5) is 22.7. The summed E-state index contributed by atoms with van der Waals surface area (Å²) < 4.78 is 1.12. The molecule has 0 aromatic carbocycles. The van der Waals surface area contributed by atoms with Crippen molar-refractivity contribution in [3.8, 4) is 0 Å². The number of carbonyl (C=O) groups is 1. The van der Waals surface area contributed by atoms with Crippen LogP contribution in [0.15, 0.2) is 17.8 Å². The number of fused-ring (bicyclic) bond motifs is 1. The molecule has 1 aliphatic rings. The van der Waals surface area contributed by atoms with Gasteiger partial charge in [-0.05, 0) is 11.4 Å². The molecule has 1 saturated heterocycles. The van der Waals surface area contributed by atoms with Gasteiger partial charge in [-0.3, -0.25) is 4.79 Å². The zero-order valence-corrected chi connectivity index (χ0v) is 12.7. The summed E-state index contributed by atoms with van der Waals surface area (Å²) in [5, 5.41) is 5.11. The van der Waals surface area contributed by atoms with Gasteiger partial charge >= 0.3 is 0 Å². The van der Waals surface area contributed by atoms with E-state index in [1.807, 2.05) is 32.2 Å². The lowest BCUT2D eigenvalue weighted by atomic mass is 9.94. The number of aromatic nitrogens is 2. The summed E-state index contributed by atoms with van der Waals surface area (Å²) in [6.45, 7) is 7.41. The lowest BCUT2D eigenvalue weighted by molar-refractivity contribution is -0.129. The Kier molecular flexibility index (Phi) is 3.12. The van der Waals surface area contributed by atoms with Gasteiger partial charge in [-0.1, -0.05) is 20.8 Å². The lowest BCUT2D eigenvalue weighted by Crippen LogP contribution is -2.61. The average Bonchev–Trinajstić information content (AvgIpc) is 2.79. The van der Waals surface area contributed by atoms with Crippen LogP contribution >= 0.6 is 11.3 Å². The molecule has 0 spiro atoms. The van der Waals surface area contributed by atoms with Gasteiger partial charge in [-0.15, -0.1) is 11.3 Å². The number of hydrogen-bond donors (Lipinski definition) is 1. The minimum Gasteiger partial charge on any atom is -0.351 e. The van der Waals surface area contributed by atoms with Crippen molar-refractivity contribution in [1.29, 1.82) is 0 Å². The number of anilines is 1. The topological polar surface area (TPSA) is 58.1 Å². The second kappa shape index (κ2) is 4.70. The van der Waals surface area contributed by atoms with Gasteiger partial charge in [0.2, 0.25) is 5.91 Å². The monoisotopic (exact) mass is 290 g/mol. The van der Waals surface area contributed by atoms with E-state index in [4.69, 9.17) is 0 Å². The maximum absolute atomic E-state index is 11.9. The van der Waals surface area contributed by atoms with Gasteiger partial charge in [0.1, 0.15) is 12.1 Å². The Bertz CT molecular complexity index is 640. The first-order chi connectivity index (χ1) is 9.45. The number of carbonyl (C=O) groups excluding carboxylic acids is 1. The largest absolute Gasteiger partial charge is 0.351 e. The molecule has 0 bridgehead atoms. The van der Waals surface area contributed by atoms with E-state index in [0.717, 1.165) is 29.1 Å². The quantitative estimate of drug-likeness (QED) is 0.919. The van der Waals surface area contributed by atoms with E-state index in [1.54, 1.807) is 17.7 Å². The molecule has 5 nitrogen and oxygen atoms in total. The van der Waals surface area contributed by atoms with E-state index in [9.17, 15) is 4.79 Å². The van der Waals surface area contributed by atoms with Crippen molar-refractivity contribution in [2.24, 2.45) is 5.41 Å². The molecule has 20 heavy (non-hydrogen) atoms. The van der Waals surface area contributed by atoms with Crippen molar-refractivity contribution in [1.82, 2.24) is 15.3 Å². The number of hydrogen-bond acceptors (Lipinski definition) is 5. The third-order valence-electron chi connectivity index (χ3n) is 3.42. The zero-order valence-electron chi connectivity index (χ0n) is 11.9. The first kappa shape index (κ1) is 13.3. The van der Waals surface area contributed by atoms with Crippen LogP contribution in [0.1, 0.15) is 20.8 Å². The summed E-state index contributed by atoms with van der Waals surface area (Å²) in [6.07, 6.45) is 1.60. The van der Waals surface area contributed by atoms with Crippen LogP contribution in [0.5, 0.6) is 0 Å². The number of nitrogens with one attached hydrogen (secondary N) is 1. The van der Waals surface area contributed by atoms with Crippen molar-refractivity contribution in [3.05, 3.63) is 17.8 Å². The van der Waals surface area contributed by atoms with Crippen molar-refractivity contribution < 1.29 is 4.79 Å². The predicted molar refractivity (Wildman–Crippen MR) is 81.0 cm³/mol. The Balaban J connectivity index is 1.66. The lowest BCUT2D eigenvalue weighted by Gasteiger charge is -2.41. The molecule has 1 fully saturated rings. The molecule has 1 amide bonds. The molecule has 6 heteroatoms. The van der Waals surface area contributed by atoms with E-state index in [0.29, 0.717) is 0 Å². The minimum atomic E-state index is -0.337. The summed E-state index contributed by atoms with van der Waals surface area (Å²) in [5.74, 6) is 1.08. The summed E-state index contributed by atoms with van der Waals surface area (Å²) in [7, 11) is 0. The van der Waals surface area contributed by atoms with Crippen LogP contribution in [0.3, 0.4) is 0 Å². The van der Waals surface area contributed by atoms with Gasteiger partial charge in [0.15, 0.2) is 0 Å². The average molecular weight is 290 g/mol. The molecule has 0 radical (unpaired) electrons. The van der Waals surface area contributed by atoms with Gasteiger partial charge in [0.25, 0.3) is 0 Å². The fourth-order valence-corrected chi connectivity index (χ4v) is 3.01. The number of thiophene rings is 1. The fraction of sp³-hybridized carbons (Fsp3) is 0.500. The Morgan fingerprint density at radius 1 is 1.40 bits per heavy atom. The highest BCUT2D eigenvalue weighted by molar-refractivity contribution is 7.17. The molecule has 2 aromatic rings. The van der Waals surface area contributed by atoms with Crippen LogP contribution in [-0.4, -0.2) is 35.0 Å². The van der Waals surface area contributed by atoms with E-state index in [2.05, 4.69) is 20.2 Å². The Labute approximate surface area is 122 Å². The maximum atomic E-state index is 11.9. The maximum Gasteiger partial charge on any atom is 0.225 e. The van der Waals surface area contributed by atoms with E-state index in [1.165, 1.54) is 0 Å². The number of rotatable bonds is 2. The number of amides is 1. The first-order valence-corrected chi connectivity index (χ1v) is 7.57. The van der Waals surface area contributed by atoms with E-state index in [-0.39, 0.29) is 17.4 Å². The molecule has 3 rings (SSSR count). The molecule has 0 saturated carbocycles. The van der Waals surface area contributed by atoms with Crippen LogP contribution < -0.4 is 10.2 Å². The van der Waals surface area contributed by atoms with E-state index >= 15 is 0 Å². The zero-order chi connectivity index (χ0) is 14.3. The van der Waals surface area contributed by atoms with Crippen molar-refractivity contribution in [2.45, 2.75) is 26.8 Å². The van der Waals surface area contributed by atoms with Crippen molar-refractivity contribution in [2.75, 3.05) is 18.0 Å². The Morgan fingerprint density at radius 3 is 2.85 bits per heavy atom.